The number of aliphatic hydroxyl groups is 1. The number of imide groups is 1. The first-order valence-corrected chi connectivity index (χ1v) is 6.83. The third-order valence-corrected chi connectivity index (χ3v) is 3.03. The topological polar surface area (TPSA) is 97.3 Å². The number of hydrogen-bond donors (Lipinski definition) is 2. The zero-order valence-electron chi connectivity index (χ0n) is 10.9. The maximum absolute atomic E-state index is 11.1. The molecule has 1 rings (SSSR count). The van der Waals surface area contributed by atoms with Crippen LogP contribution < -0.4 is 5.32 Å². The van der Waals surface area contributed by atoms with Gasteiger partial charge >= 0.3 is 0 Å². The standard InChI is InChI=1S/C11H17IN2O6/c1-14(3-2-10(17)13-7-15)11-5-8(16)4-9(19-11)6-18-20-12/h2-3,7-9,11,16H,4-6H2,1H3,(H,13,15,17)/b3-2-. The molecule has 1 heterocycles. The van der Waals surface area contributed by atoms with Gasteiger partial charge in [0.05, 0.1) is 12.2 Å². The summed E-state index contributed by atoms with van der Waals surface area (Å²) in [6.07, 6.45) is 2.67. The summed E-state index contributed by atoms with van der Waals surface area (Å²) in [4.78, 5) is 27.6. The molecule has 0 aliphatic carbocycles. The predicted molar refractivity (Wildman–Crippen MR) is 76.1 cm³/mol. The second-order valence-electron chi connectivity index (χ2n) is 4.29. The number of aliphatic hydroxyl groups excluding tert-OH is 1. The second-order valence-corrected chi connectivity index (χ2v) is 4.65. The van der Waals surface area contributed by atoms with Crippen LogP contribution in [0, 0.1) is 0 Å². The smallest absolute Gasteiger partial charge is 0.251 e. The maximum Gasteiger partial charge on any atom is 0.251 e. The number of amides is 2. The van der Waals surface area contributed by atoms with E-state index in [0.717, 1.165) is 0 Å². The van der Waals surface area contributed by atoms with Gasteiger partial charge in [0, 0.05) is 32.2 Å². The molecule has 0 aromatic carbocycles. The summed E-state index contributed by atoms with van der Waals surface area (Å²) in [5, 5.41) is 11.8. The van der Waals surface area contributed by atoms with E-state index >= 15 is 0 Å². The Hall–Kier alpha value is -0.750. The molecule has 9 heteroatoms. The van der Waals surface area contributed by atoms with Crippen LogP contribution >= 0.6 is 23.0 Å². The van der Waals surface area contributed by atoms with Crippen molar-refractivity contribution in [3.8, 4) is 0 Å². The van der Waals surface area contributed by atoms with Crippen molar-refractivity contribution in [3.05, 3.63) is 12.3 Å². The Labute approximate surface area is 130 Å². The summed E-state index contributed by atoms with van der Waals surface area (Å²) >= 11 is 1.60. The summed E-state index contributed by atoms with van der Waals surface area (Å²) < 4.78 is 10.2. The fourth-order valence-electron chi connectivity index (χ4n) is 1.82. The number of nitrogens with zero attached hydrogens (tertiary/aromatic N) is 1. The molecule has 1 fully saturated rings. The fraction of sp³-hybridized carbons (Fsp3) is 0.636. The van der Waals surface area contributed by atoms with E-state index in [-0.39, 0.29) is 18.9 Å². The molecule has 3 unspecified atom stereocenters. The van der Waals surface area contributed by atoms with Crippen LogP contribution in [0.25, 0.3) is 0 Å². The summed E-state index contributed by atoms with van der Waals surface area (Å²) in [7, 11) is 1.71. The van der Waals surface area contributed by atoms with Crippen molar-refractivity contribution in [2.75, 3.05) is 13.7 Å². The second kappa shape index (κ2) is 9.23. The lowest BCUT2D eigenvalue weighted by molar-refractivity contribution is -0.226. The molecule has 8 nitrogen and oxygen atoms in total. The van der Waals surface area contributed by atoms with Crippen LogP contribution in [0.15, 0.2) is 12.3 Å². The highest BCUT2D eigenvalue weighted by Crippen LogP contribution is 2.22. The summed E-state index contributed by atoms with van der Waals surface area (Å²) in [6, 6.07) is 0. The monoisotopic (exact) mass is 400 g/mol. The Bertz CT molecular complexity index is 354. The van der Waals surface area contributed by atoms with Gasteiger partial charge in [-0.15, -0.1) is 0 Å². The normalized spacial score (nSPS) is 26.4. The number of carbonyl (C=O) groups is 2. The Morgan fingerprint density at radius 1 is 1.60 bits per heavy atom. The first kappa shape index (κ1) is 17.3. The van der Waals surface area contributed by atoms with Gasteiger partial charge in [-0.05, 0) is 0 Å². The van der Waals surface area contributed by atoms with Crippen LogP contribution in [0.4, 0.5) is 0 Å². The minimum absolute atomic E-state index is 0.208. The first-order chi connectivity index (χ1) is 9.56. The molecule has 0 bridgehead atoms. The molecule has 114 valence electrons. The molecule has 0 aromatic heterocycles. The van der Waals surface area contributed by atoms with Gasteiger partial charge in [-0.3, -0.25) is 14.9 Å². The molecule has 0 spiro atoms. The zero-order chi connectivity index (χ0) is 15.0. The molecular formula is C11H17IN2O6. The van der Waals surface area contributed by atoms with E-state index in [9.17, 15) is 14.7 Å². The van der Waals surface area contributed by atoms with Crippen LogP contribution in [0.5, 0.6) is 0 Å². The van der Waals surface area contributed by atoms with Gasteiger partial charge in [-0.2, -0.15) is 3.22 Å². The van der Waals surface area contributed by atoms with Crippen molar-refractivity contribution in [1.29, 1.82) is 0 Å². The van der Waals surface area contributed by atoms with Gasteiger partial charge in [-0.25, -0.2) is 4.89 Å². The molecule has 1 aliphatic rings. The van der Waals surface area contributed by atoms with E-state index in [0.29, 0.717) is 19.3 Å². The van der Waals surface area contributed by atoms with Crippen LogP contribution in [0.1, 0.15) is 12.8 Å². The molecule has 2 N–H and O–H groups in total. The number of halogens is 1. The maximum atomic E-state index is 11.1. The first-order valence-electron chi connectivity index (χ1n) is 5.94. The van der Waals surface area contributed by atoms with E-state index in [1.807, 2.05) is 5.32 Å². The van der Waals surface area contributed by atoms with Crippen molar-refractivity contribution >= 4 is 35.3 Å². The number of ether oxygens (including phenoxy) is 1. The highest BCUT2D eigenvalue weighted by Gasteiger charge is 2.30. The van der Waals surface area contributed by atoms with Gasteiger partial charge in [0.25, 0.3) is 5.91 Å². The Morgan fingerprint density at radius 2 is 2.35 bits per heavy atom. The average molecular weight is 400 g/mol. The van der Waals surface area contributed by atoms with Gasteiger partial charge in [0.15, 0.2) is 23.0 Å². The minimum atomic E-state index is -0.526. The van der Waals surface area contributed by atoms with E-state index < -0.39 is 12.0 Å². The lowest BCUT2D eigenvalue weighted by Crippen LogP contribution is -2.44. The quantitative estimate of drug-likeness (QED) is 0.202. The highest BCUT2D eigenvalue weighted by atomic mass is 127. The van der Waals surface area contributed by atoms with Crippen molar-refractivity contribution in [3.63, 3.8) is 0 Å². The van der Waals surface area contributed by atoms with E-state index in [2.05, 4.69) is 3.22 Å². The molecule has 0 radical (unpaired) electrons. The number of hydrogen-bond acceptors (Lipinski definition) is 7. The Balaban J connectivity index is 2.51. The molecular weight excluding hydrogens is 383 g/mol. The Kier molecular flexibility index (Phi) is 7.99. The lowest BCUT2D eigenvalue weighted by Gasteiger charge is -2.37. The predicted octanol–water partition coefficient (Wildman–Crippen LogP) is -0.131. The Morgan fingerprint density at radius 3 is 3.00 bits per heavy atom. The van der Waals surface area contributed by atoms with E-state index in [1.165, 1.54) is 12.3 Å². The molecule has 1 saturated heterocycles. The fourth-order valence-corrected chi connectivity index (χ4v) is 1.97. The number of carbonyl (C=O) groups excluding carboxylic acids is 2. The van der Waals surface area contributed by atoms with Crippen LogP contribution in [0.2, 0.25) is 0 Å². The van der Waals surface area contributed by atoms with Crippen molar-refractivity contribution < 1.29 is 27.5 Å². The molecule has 0 aromatic rings. The summed E-state index contributed by atoms with van der Waals surface area (Å²) in [5.74, 6) is -0.526. The van der Waals surface area contributed by atoms with Gasteiger partial charge in [0.1, 0.15) is 12.8 Å². The molecule has 1 aliphatic heterocycles. The number of nitrogens with one attached hydrogen (secondary N) is 1. The third-order valence-electron chi connectivity index (χ3n) is 2.77. The van der Waals surface area contributed by atoms with Crippen LogP contribution in [0.3, 0.4) is 0 Å². The third kappa shape index (κ3) is 6.13. The highest BCUT2D eigenvalue weighted by molar-refractivity contribution is 14.1. The van der Waals surface area contributed by atoms with Crippen LogP contribution in [-0.4, -0.2) is 54.4 Å². The van der Waals surface area contributed by atoms with Gasteiger partial charge in [-0.1, -0.05) is 0 Å². The van der Waals surface area contributed by atoms with Gasteiger partial charge < -0.3 is 14.7 Å². The molecule has 3 atom stereocenters. The number of rotatable bonds is 7. The minimum Gasteiger partial charge on any atom is -0.393 e. The molecule has 2 amide bonds. The van der Waals surface area contributed by atoms with Crippen molar-refractivity contribution in [2.45, 2.75) is 31.3 Å². The van der Waals surface area contributed by atoms with E-state index in [1.54, 1.807) is 35.0 Å². The van der Waals surface area contributed by atoms with Crippen molar-refractivity contribution in [1.82, 2.24) is 10.2 Å². The summed E-state index contributed by atoms with van der Waals surface area (Å²) in [6.45, 7) is 0.208. The van der Waals surface area contributed by atoms with Crippen LogP contribution in [-0.2, 0) is 22.4 Å². The SMILES string of the molecule is CN(/C=C\C(=O)NC=O)C1CC(O)CC(COOI)O1. The molecule has 20 heavy (non-hydrogen) atoms. The van der Waals surface area contributed by atoms with Crippen molar-refractivity contribution in [2.24, 2.45) is 0 Å². The van der Waals surface area contributed by atoms with E-state index in [4.69, 9.17) is 9.62 Å². The summed E-state index contributed by atoms with van der Waals surface area (Å²) in [5.41, 5.74) is 0. The zero-order valence-corrected chi connectivity index (χ0v) is 13.1. The lowest BCUT2D eigenvalue weighted by atomic mass is 10.0. The average Bonchev–Trinajstić information content (AvgIpc) is 2.42. The largest absolute Gasteiger partial charge is 0.393 e. The van der Waals surface area contributed by atoms with Gasteiger partial charge in [0.2, 0.25) is 6.41 Å². The molecule has 0 saturated carbocycles.